The number of nitrogens with zero attached hydrogens (tertiary/aromatic N) is 4. The van der Waals surface area contributed by atoms with Gasteiger partial charge in [-0.3, -0.25) is 4.57 Å². The SMILES string of the molecule is [2H]c1c([2H])c([2H])c(-c2cccc(-c3c([2H])c([2H])c([2H])c([2H])c3[2H])c2-[n+]2[c-]n(-c3[c-]c(Oc4[c-]c5c(cc4)c4cc(-c6ccccc6)ccc4n5-c4cc(CC(C)(C)c5ccccc5)c(-c5ccc(C(C)(C)C)cc5)cn4)ccc3)c3ccccc32)c([2H])c1[2H].[Pt]. The van der Waals surface area contributed by atoms with E-state index < -0.39 is 60.4 Å². The Hall–Kier alpha value is -8.89. The van der Waals surface area contributed by atoms with Gasteiger partial charge >= 0.3 is 0 Å². The van der Waals surface area contributed by atoms with Crippen LogP contribution >= 0.6 is 0 Å². The number of benzene rings is 10. The van der Waals surface area contributed by atoms with Crippen molar-refractivity contribution in [2.45, 2.75) is 51.9 Å². The minimum absolute atomic E-state index is 0. The van der Waals surface area contributed by atoms with E-state index in [2.05, 4.69) is 155 Å². The molecule has 0 amide bonds. The number of para-hydroxylation sites is 3. The second kappa shape index (κ2) is 21.4. The van der Waals surface area contributed by atoms with Crippen LogP contribution in [0, 0.1) is 18.5 Å². The van der Waals surface area contributed by atoms with Crippen molar-refractivity contribution in [3.8, 4) is 73.2 Å². The van der Waals surface area contributed by atoms with Crippen LogP contribution in [0.5, 0.6) is 11.5 Å². The van der Waals surface area contributed by atoms with Crippen molar-refractivity contribution in [2.75, 3.05) is 0 Å². The number of ether oxygens (including phenoxy) is 1. The minimum atomic E-state index is -0.577. The Bertz CT molecular complexity index is 4840. The number of pyridine rings is 1. The number of hydrogen-bond acceptors (Lipinski definition) is 2. The molecule has 80 heavy (non-hydrogen) atoms. The van der Waals surface area contributed by atoms with Gasteiger partial charge < -0.3 is 13.9 Å². The van der Waals surface area contributed by atoms with Crippen LogP contribution in [0.25, 0.3) is 94.5 Å². The number of imidazole rings is 1. The van der Waals surface area contributed by atoms with E-state index in [0.717, 1.165) is 61.9 Å². The molecule has 3 aromatic heterocycles. The molecule has 0 fully saturated rings. The van der Waals surface area contributed by atoms with Gasteiger partial charge in [-0.25, -0.2) is 4.98 Å². The molecule has 0 saturated carbocycles. The van der Waals surface area contributed by atoms with Crippen LogP contribution < -0.4 is 9.30 Å². The molecule has 0 aliphatic carbocycles. The summed E-state index contributed by atoms with van der Waals surface area (Å²) in [5.74, 6) is 1.47. The Kier molecular flexibility index (Phi) is 11.0. The molecule has 0 N–H and O–H groups in total. The molecule has 0 atom stereocenters. The van der Waals surface area contributed by atoms with Gasteiger partial charge in [-0.1, -0.05) is 240 Å². The summed E-state index contributed by atoms with van der Waals surface area (Å²) in [4.78, 5) is 5.31. The number of hydrogen-bond donors (Lipinski definition) is 0. The average Bonchev–Trinajstić information content (AvgIpc) is 1.37. The van der Waals surface area contributed by atoms with Crippen molar-refractivity contribution >= 4 is 32.8 Å². The van der Waals surface area contributed by atoms with Crippen LogP contribution in [0.2, 0.25) is 0 Å². The fourth-order valence-electron chi connectivity index (χ4n) is 10.8. The zero-order valence-electron chi connectivity index (χ0n) is 54.6. The van der Waals surface area contributed by atoms with Crippen LogP contribution in [0.3, 0.4) is 0 Å². The molecule has 392 valence electrons. The molecule has 0 aliphatic heterocycles. The quantitative estimate of drug-likeness (QED) is 0.0903. The Morgan fingerprint density at radius 3 is 1.86 bits per heavy atom. The van der Waals surface area contributed by atoms with Crippen LogP contribution in [0.4, 0.5) is 0 Å². The van der Waals surface area contributed by atoms with E-state index in [-0.39, 0.29) is 59.8 Å². The molecule has 13 rings (SSSR count). The number of fused-ring (bicyclic) bond motifs is 4. The van der Waals surface area contributed by atoms with Crippen molar-refractivity contribution in [3.63, 3.8) is 0 Å². The summed E-state index contributed by atoms with van der Waals surface area (Å²) in [5.41, 5.74) is 11.1. The molecular formula is C74H58N4OPt-2. The van der Waals surface area contributed by atoms with Crippen LogP contribution in [0.1, 0.15) is 65.0 Å². The Morgan fingerprint density at radius 2 is 1.16 bits per heavy atom. The zero-order valence-corrected chi connectivity index (χ0v) is 46.9. The normalized spacial score (nSPS) is 13.5. The molecule has 6 heteroatoms. The fourth-order valence-corrected chi connectivity index (χ4v) is 10.8. The first-order valence-corrected chi connectivity index (χ1v) is 26.3. The molecule has 0 aliphatic rings. The Labute approximate surface area is 497 Å². The summed E-state index contributed by atoms with van der Waals surface area (Å²) in [6.45, 7) is 11.2. The Morgan fingerprint density at radius 1 is 0.525 bits per heavy atom. The van der Waals surface area contributed by atoms with E-state index in [0.29, 0.717) is 28.2 Å². The van der Waals surface area contributed by atoms with E-state index in [9.17, 15) is 0 Å². The number of aromatic nitrogens is 4. The standard InChI is InChI=1S/C74H58N4O.Pt/c1-73(2,3)57-39-36-54(37-40-57)66-49-75-71(45-56(66)48-74(4,5)58-28-16-9-17-29-58)78-67-43-38-55(51-22-10-6-11-23-51)44-65(67)64-42-41-61(47-70(64)78)79-60-31-20-30-59(46-60)76-50-77(69-35-19-18-34-68(69)76)72-62(52-24-12-7-13-25-52)32-21-33-63(72)53-26-14-8-15-27-53;/h6-45,49H,48H2,1-5H3;/q-2;/i7D,8D,12D,13D,14D,15D,24D,25D,26D,27D;. The summed E-state index contributed by atoms with van der Waals surface area (Å²) in [6.07, 6.45) is 6.17. The predicted octanol–water partition coefficient (Wildman–Crippen LogP) is 18.1. The first kappa shape index (κ1) is 41.2. The Balaban J connectivity index is 0.00000785. The van der Waals surface area contributed by atoms with Crippen molar-refractivity contribution in [1.82, 2.24) is 14.1 Å². The molecule has 10 aromatic carbocycles. The maximum Gasteiger partial charge on any atom is 0.268 e. The smallest absolute Gasteiger partial charge is 0.268 e. The molecule has 0 unspecified atom stereocenters. The maximum atomic E-state index is 9.11. The fraction of sp³-hybridized carbons (Fsp3) is 0.108. The molecule has 13 aromatic rings. The third-order valence-electron chi connectivity index (χ3n) is 14.8. The van der Waals surface area contributed by atoms with Crippen molar-refractivity contribution < 1.29 is 44.1 Å². The van der Waals surface area contributed by atoms with E-state index >= 15 is 0 Å². The summed E-state index contributed by atoms with van der Waals surface area (Å²) < 4.78 is 100. The molecule has 0 saturated heterocycles. The first-order chi connectivity index (χ1) is 42.7. The summed E-state index contributed by atoms with van der Waals surface area (Å²) in [6, 6.07) is 61.8. The van der Waals surface area contributed by atoms with Crippen molar-refractivity contribution in [2.24, 2.45) is 0 Å². The van der Waals surface area contributed by atoms with Gasteiger partial charge in [0.05, 0.1) is 30.4 Å². The molecular weight excluding hydrogens is 1160 g/mol. The van der Waals surface area contributed by atoms with Crippen LogP contribution in [0.15, 0.2) is 249 Å². The topological polar surface area (TPSA) is 35.9 Å². The van der Waals surface area contributed by atoms with Gasteiger partial charge in [0.25, 0.3) is 6.33 Å². The van der Waals surface area contributed by atoms with Gasteiger partial charge in [-0.05, 0) is 96.1 Å². The monoisotopic (exact) mass is 1220 g/mol. The largest absolute Gasteiger partial charge is 0.510 e. The van der Waals surface area contributed by atoms with Gasteiger partial charge in [0.15, 0.2) is 0 Å². The van der Waals surface area contributed by atoms with E-state index in [4.69, 9.17) is 23.4 Å². The third-order valence-corrected chi connectivity index (χ3v) is 14.8. The van der Waals surface area contributed by atoms with Gasteiger partial charge in [-0.2, -0.15) is 18.2 Å². The predicted molar refractivity (Wildman–Crippen MR) is 324 cm³/mol. The molecule has 0 bridgehead atoms. The van der Waals surface area contributed by atoms with Crippen molar-refractivity contribution in [3.05, 3.63) is 284 Å². The van der Waals surface area contributed by atoms with Crippen LogP contribution in [-0.2, 0) is 38.3 Å². The first-order valence-electron chi connectivity index (χ1n) is 31.3. The van der Waals surface area contributed by atoms with Gasteiger partial charge in [-0.15, -0.1) is 29.7 Å². The molecule has 0 spiro atoms. The minimum Gasteiger partial charge on any atom is -0.510 e. The average molecular weight is 1220 g/mol. The van der Waals surface area contributed by atoms with Crippen LogP contribution in [-0.4, -0.2) is 14.1 Å². The van der Waals surface area contributed by atoms with E-state index in [1.54, 1.807) is 33.4 Å². The van der Waals surface area contributed by atoms with Gasteiger partial charge in [0.1, 0.15) is 5.82 Å². The zero-order chi connectivity index (χ0) is 62.4. The molecule has 5 nitrogen and oxygen atoms in total. The van der Waals surface area contributed by atoms with E-state index in [1.165, 1.54) is 11.1 Å². The van der Waals surface area contributed by atoms with E-state index in [1.807, 2.05) is 66.9 Å². The second-order valence-corrected chi connectivity index (χ2v) is 21.4. The molecule has 3 heterocycles. The third kappa shape index (κ3) is 9.88. The summed E-state index contributed by atoms with van der Waals surface area (Å²) in [5, 5.41) is 1.96. The summed E-state index contributed by atoms with van der Waals surface area (Å²) in [7, 11) is 0. The molecule has 0 radical (unpaired) electrons. The maximum absolute atomic E-state index is 9.11. The second-order valence-electron chi connectivity index (χ2n) is 21.4. The van der Waals surface area contributed by atoms with Gasteiger partial charge in [0, 0.05) is 49.8 Å². The van der Waals surface area contributed by atoms with Crippen molar-refractivity contribution in [1.29, 1.82) is 0 Å². The van der Waals surface area contributed by atoms with Gasteiger partial charge in [0.2, 0.25) is 0 Å². The summed E-state index contributed by atoms with van der Waals surface area (Å²) >= 11 is 0. The number of rotatable bonds is 12.